The smallest absolute Gasteiger partial charge is 0.228 e. The van der Waals surface area contributed by atoms with Gasteiger partial charge in [0.15, 0.2) is 0 Å². The van der Waals surface area contributed by atoms with Crippen LogP contribution in [0.1, 0.15) is 12.0 Å². The van der Waals surface area contributed by atoms with E-state index in [2.05, 4.69) is 9.88 Å². The van der Waals surface area contributed by atoms with E-state index in [1.54, 1.807) is 17.0 Å². The van der Waals surface area contributed by atoms with Crippen LogP contribution in [0, 0.1) is 11.7 Å². The second kappa shape index (κ2) is 9.06. The molecule has 1 atom stereocenters. The molecular weight excluding hydrogens is 443 g/mol. The molecule has 1 unspecified atom stereocenters. The highest BCUT2D eigenvalue weighted by atomic mass is 35.5. The van der Waals surface area contributed by atoms with Crippen LogP contribution in [-0.2, 0) is 16.0 Å². The van der Waals surface area contributed by atoms with Crippen molar-refractivity contribution in [2.45, 2.75) is 12.8 Å². The third-order valence-electron chi connectivity index (χ3n) is 6.73. The third-order valence-corrected chi connectivity index (χ3v) is 6.96. The van der Waals surface area contributed by atoms with Gasteiger partial charge in [0.25, 0.3) is 0 Å². The first-order valence-electron chi connectivity index (χ1n) is 11.3. The average Bonchev–Trinajstić information content (AvgIpc) is 3.40. The molecule has 5 rings (SSSR count). The number of halogens is 2. The molecule has 2 fully saturated rings. The molecule has 2 amide bonds. The number of hydrogen-bond acceptors (Lipinski definition) is 3. The lowest BCUT2D eigenvalue weighted by Crippen LogP contribution is -2.50. The number of hydrogen-bond donors (Lipinski definition) is 1. The Hall–Kier alpha value is -3.06. The number of aromatic nitrogens is 1. The molecule has 6 nitrogen and oxygen atoms in total. The first-order chi connectivity index (χ1) is 16.0. The first kappa shape index (κ1) is 21.8. The predicted octanol–water partition coefficient (Wildman–Crippen LogP) is 3.70. The van der Waals surface area contributed by atoms with Crippen molar-refractivity contribution in [2.75, 3.05) is 44.2 Å². The number of amides is 2. The minimum Gasteiger partial charge on any atom is -0.368 e. The molecule has 172 valence electrons. The largest absolute Gasteiger partial charge is 0.368 e. The van der Waals surface area contributed by atoms with Gasteiger partial charge < -0.3 is 19.7 Å². The molecule has 0 aliphatic carbocycles. The SMILES string of the molecule is O=C1CC(C(=O)N2CCN(c3ccc(F)cc3)CC2)CN1CCc1c[nH]c2ccc(Cl)cc12. The maximum Gasteiger partial charge on any atom is 0.228 e. The normalized spacial score (nSPS) is 19.0. The lowest BCUT2D eigenvalue weighted by Gasteiger charge is -2.37. The first-order valence-corrected chi connectivity index (χ1v) is 11.7. The molecule has 8 heteroatoms. The lowest BCUT2D eigenvalue weighted by molar-refractivity contribution is -0.136. The summed E-state index contributed by atoms with van der Waals surface area (Å²) >= 11 is 6.14. The molecule has 2 aromatic carbocycles. The summed E-state index contributed by atoms with van der Waals surface area (Å²) in [5, 5.41) is 1.76. The number of benzene rings is 2. The van der Waals surface area contributed by atoms with Crippen LogP contribution in [0.25, 0.3) is 10.9 Å². The van der Waals surface area contributed by atoms with E-state index in [0.29, 0.717) is 50.7 Å². The fourth-order valence-corrected chi connectivity index (χ4v) is 5.03. The molecule has 1 aromatic heterocycles. The van der Waals surface area contributed by atoms with Gasteiger partial charge in [-0.05, 0) is 54.4 Å². The van der Waals surface area contributed by atoms with Gasteiger partial charge in [-0.2, -0.15) is 0 Å². The van der Waals surface area contributed by atoms with Crippen LogP contribution in [-0.4, -0.2) is 65.9 Å². The number of piperazine rings is 1. The Bertz CT molecular complexity index is 1170. The molecule has 0 saturated carbocycles. The zero-order chi connectivity index (χ0) is 22.9. The van der Waals surface area contributed by atoms with E-state index >= 15 is 0 Å². The molecular formula is C25H26ClFN4O2. The molecule has 33 heavy (non-hydrogen) atoms. The number of H-pyrrole nitrogens is 1. The van der Waals surface area contributed by atoms with Gasteiger partial charge >= 0.3 is 0 Å². The zero-order valence-corrected chi connectivity index (χ0v) is 19.0. The number of carbonyl (C=O) groups is 2. The van der Waals surface area contributed by atoms with Crippen LogP contribution in [0.3, 0.4) is 0 Å². The Kier molecular flexibility index (Phi) is 5.98. The molecule has 3 heterocycles. The average molecular weight is 469 g/mol. The van der Waals surface area contributed by atoms with Crippen LogP contribution in [0.5, 0.6) is 0 Å². The summed E-state index contributed by atoms with van der Waals surface area (Å²) in [4.78, 5) is 34.8. The van der Waals surface area contributed by atoms with Gasteiger partial charge in [-0.1, -0.05) is 11.6 Å². The monoisotopic (exact) mass is 468 g/mol. The summed E-state index contributed by atoms with van der Waals surface area (Å²) in [6.07, 6.45) is 2.95. The highest BCUT2D eigenvalue weighted by Crippen LogP contribution is 2.26. The number of nitrogens with one attached hydrogen (secondary N) is 1. The quantitative estimate of drug-likeness (QED) is 0.621. The fourth-order valence-electron chi connectivity index (χ4n) is 4.86. The van der Waals surface area contributed by atoms with Gasteiger partial charge in [0, 0.05) is 73.5 Å². The maximum atomic E-state index is 13.2. The number of carbonyl (C=O) groups excluding carboxylic acids is 2. The van der Waals surface area contributed by atoms with Crippen molar-refractivity contribution >= 4 is 40.0 Å². The standard InChI is InChI=1S/C25H26ClFN4O2/c26-19-1-6-23-22(14-19)17(15-28-23)7-8-31-16-18(13-24(31)32)25(33)30-11-9-29(10-12-30)21-4-2-20(27)3-5-21/h1-6,14-15,18,28H,7-13,16H2. The number of rotatable bonds is 5. The fraction of sp³-hybridized carbons (Fsp3) is 0.360. The molecule has 2 aliphatic heterocycles. The Morgan fingerprint density at radius 2 is 1.85 bits per heavy atom. The highest BCUT2D eigenvalue weighted by molar-refractivity contribution is 6.31. The van der Waals surface area contributed by atoms with E-state index in [1.807, 2.05) is 29.3 Å². The Balaban J connectivity index is 1.15. The topological polar surface area (TPSA) is 59.7 Å². The summed E-state index contributed by atoms with van der Waals surface area (Å²) in [6.45, 7) is 3.67. The van der Waals surface area contributed by atoms with Gasteiger partial charge in [0.05, 0.1) is 5.92 Å². The highest BCUT2D eigenvalue weighted by Gasteiger charge is 2.37. The van der Waals surface area contributed by atoms with Crippen molar-refractivity contribution in [3.8, 4) is 0 Å². The van der Waals surface area contributed by atoms with Crippen molar-refractivity contribution < 1.29 is 14.0 Å². The van der Waals surface area contributed by atoms with Gasteiger partial charge in [0.2, 0.25) is 11.8 Å². The lowest BCUT2D eigenvalue weighted by atomic mass is 10.1. The van der Waals surface area contributed by atoms with E-state index in [9.17, 15) is 14.0 Å². The maximum absolute atomic E-state index is 13.2. The van der Waals surface area contributed by atoms with Crippen LogP contribution in [0.15, 0.2) is 48.7 Å². The third kappa shape index (κ3) is 4.55. The van der Waals surface area contributed by atoms with Crippen molar-refractivity contribution in [1.82, 2.24) is 14.8 Å². The van der Waals surface area contributed by atoms with E-state index in [0.717, 1.165) is 22.2 Å². The molecule has 2 aliphatic rings. The van der Waals surface area contributed by atoms with Gasteiger partial charge in [0.1, 0.15) is 5.82 Å². The zero-order valence-electron chi connectivity index (χ0n) is 18.3. The second-order valence-corrected chi connectivity index (χ2v) is 9.22. The Morgan fingerprint density at radius 1 is 1.09 bits per heavy atom. The number of aromatic amines is 1. The Morgan fingerprint density at radius 3 is 2.61 bits per heavy atom. The molecule has 1 N–H and O–H groups in total. The van der Waals surface area contributed by atoms with E-state index in [4.69, 9.17) is 11.6 Å². The van der Waals surface area contributed by atoms with Crippen LogP contribution in [0.2, 0.25) is 5.02 Å². The van der Waals surface area contributed by atoms with Crippen LogP contribution >= 0.6 is 11.6 Å². The minimum absolute atomic E-state index is 0.0381. The number of likely N-dealkylation sites (tertiary alicyclic amines) is 1. The molecule has 0 spiro atoms. The molecule has 2 saturated heterocycles. The number of anilines is 1. The van der Waals surface area contributed by atoms with E-state index < -0.39 is 0 Å². The van der Waals surface area contributed by atoms with E-state index in [1.165, 1.54) is 12.1 Å². The molecule has 0 bridgehead atoms. The summed E-state index contributed by atoms with van der Waals surface area (Å²) < 4.78 is 13.2. The van der Waals surface area contributed by atoms with Crippen LogP contribution < -0.4 is 4.90 Å². The Labute approximate surface area is 196 Å². The van der Waals surface area contributed by atoms with E-state index in [-0.39, 0.29) is 30.0 Å². The minimum atomic E-state index is -0.285. The summed E-state index contributed by atoms with van der Waals surface area (Å²) in [7, 11) is 0. The van der Waals surface area contributed by atoms with Gasteiger partial charge in [-0.25, -0.2) is 4.39 Å². The van der Waals surface area contributed by atoms with Gasteiger partial charge in [-0.15, -0.1) is 0 Å². The number of nitrogens with zero attached hydrogens (tertiary/aromatic N) is 3. The molecule has 0 radical (unpaired) electrons. The van der Waals surface area contributed by atoms with Crippen LogP contribution in [0.4, 0.5) is 10.1 Å². The second-order valence-electron chi connectivity index (χ2n) is 8.78. The number of fused-ring (bicyclic) bond motifs is 1. The van der Waals surface area contributed by atoms with Crippen molar-refractivity contribution in [3.05, 3.63) is 65.1 Å². The van der Waals surface area contributed by atoms with Gasteiger partial charge in [-0.3, -0.25) is 9.59 Å². The molecule has 3 aromatic rings. The van der Waals surface area contributed by atoms with Crippen molar-refractivity contribution in [3.63, 3.8) is 0 Å². The predicted molar refractivity (Wildman–Crippen MR) is 127 cm³/mol. The summed E-state index contributed by atoms with van der Waals surface area (Å²) in [6, 6.07) is 12.2. The van der Waals surface area contributed by atoms with Crippen molar-refractivity contribution in [1.29, 1.82) is 0 Å². The summed E-state index contributed by atoms with van der Waals surface area (Å²) in [5.41, 5.74) is 3.10. The van der Waals surface area contributed by atoms with Crippen molar-refractivity contribution in [2.24, 2.45) is 5.92 Å². The summed E-state index contributed by atoms with van der Waals surface area (Å²) in [5.74, 6) is -0.441.